The monoisotopic (exact) mass is 318 g/mol. The van der Waals surface area contributed by atoms with E-state index in [1.165, 1.54) is 19.1 Å². The first-order chi connectivity index (χ1) is 10.8. The minimum Gasteiger partial charge on any atom is -0.459 e. The van der Waals surface area contributed by atoms with Crippen molar-refractivity contribution in [3.05, 3.63) is 59.0 Å². The maximum atomic E-state index is 12.1. The summed E-state index contributed by atoms with van der Waals surface area (Å²) in [6.07, 6.45) is 3.88. The lowest BCUT2D eigenvalue weighted by Crippen LogP contribution is -2.36. The Kier molecular flexibility index (Phi) is 4.80. The molecule has 0 saturated carbocycles. The van der Waals surface area contributed by atoms with Crippen LogP contribution in [0.1, 0.15) is 35.0 Å². The van der Waals surface area contributed by atoms with E-state index in [-0.39, 0.29) is 11.9 Å². The minimum absolute atomic E-state index is 0.0927. The van der Waals surface area contributed by atoms with E-state index in [1.54, 1.807) is 12.1 Å². The fraction of sp³-hybridized carbons (Fsp3) is 0.353. The standard InChI is InChI=1S/C17H19ClN2O2/c18-14-7-2-1-6-13(14)15(20-9-3-4-10-20)12-19-17(21)16-8-5-11-22-16/h1-2,5-8,11,15H,3-4,9-10,12H2,(H,19,21)/t15-/m0/s1. The lowest BCUT2D eigenvalue weighted by Gasteiger charge is -2.28. The predicted octanol–water partition coefficient (Wildman–Crippen LogP) is 3.50. The third kappa shape index (κ3) is 3.34. The van der Waals surface area contributed by atoms with Gasteiger partial charge in [0.05, 0.1) is 12.3 Å². The molecule has 0 bridgehead atoms. The lowest BCUT2D eigenvalue weighted by atomic mass is 10.1. The van der Waals surface area contributed by atoms with Crippen molar-refractivity contribution < 1.29 is 9.21 Å². The number of amides is 1. The third-order valence-corrected chi connectivity index (χ3v) is 4.39. The van der Waals surface area contributed by atoms with Crippen LogP contribution in [0.2, 0.25) is 5.02 Å². The summed E-state index contributed by atoms with van der Waals surface area (Å²) in [7, 11) is 0. The molecule has 1 saturated heterocycles. The zero-order valence-corrected chi connectivity index (χ0v) is 13.1. The van der Waals surface area contributed by atoms with Crippen molar-refractivity contribution in [1.82, 2.24) is 10.2 Å². The molecule has 3 rings (SSSR count). The van der Waals surface area contributed by atoms with E-state index in [4.69, 9.17) is 16.0 Å². The summed E-state index contributed by atoms with van der Waals surface area (Å²) < 4.78 is 5.13. The summed E-state index contributed by atoms with van der Waals surface area (Å²) in [5, 5.41) is 3.70. The number of furan rings is 1. The van der Waals surface area contributed by atoms with Gasteiger partial charge in [-0.15, -0.1) is 0 Å². The van der Waals surface area contributed by atoms with Crippen LogP contribution in [-0.2, 0) is 0 Å². The van der Waals surface area contributed by atoms with E-state index in [1.807, 2.05) is 24.3 Å². The second-order valence-electron chi connectivity index (χ2n) is 5.47. The van der Waals surface area contributed by atoms with E-state index < -0.39 is 0 Å². The number of rotatable bonds is 5. The highest BCUT2D eigenvalue weighted by Crippen LogP contribution is 2.29. The van der Waals surface area contributed by atoms with Gasteiger partial charge in [-0.1, -0.05) is 29.8 Å². The van der Waals surface area contributed by atoms with Crippen molar-refractivity contribution in [3.8, 4) is 0 Å². The van der Waals surface area contributed by atoms with Crippen molar-refractivity contribution in [1.29, 1.82) is 0 Å². The maximum Gasteiger partial charge on any atom is 0.287 e. The molecule has 4 nitrogen and oxygen atoms in total. The molecule has 1 aliphatic heterocycles. The average molecular weight is 319 g/mol. The molecule has 1 amide bonds. The molecule has 1 fully saturated rings. The highest BCUT2D eigenvalue weighted by molar-refractivity contribution is 6.31. The fourth-order valence-electron chi connectivity index (χ4n) is 2.92. The normalized spacial score (nSPS) is 16.6. The summed E-state index contributed by atoms with van der Waals surface area (Å²) in [6.45, 7) is 2.59. The number of hydrogen-bond acceptors (Lipinski definition) is 3. The smallest absolute Gasteiger partial charge is 0.287 e. The van der Waals surface area contributed by atoms with Crippen LogP contribution < -0.4 is 5.32 Å². The van der Waals surface area contributed by atoms with E-state index in [0.717, 1.165) is 23.7 Å². The molecule has 22 heavy (non-hydrogen) atoms. The van der Waals surface area contributed by atoms with Gasteiger partial charge in [-0.05, 0) is 49.7 Å². The van der Waals surface area contributed by atoms with Gasteiger partial charge in [-0.3, -0.25) is 9.69 Å². The Bertz CT molecular complexity index is 621. The Morgan fingerprint density at radius 1 is 1.23 bits per heavy atom. The van der Waals surface area contributed by atoms with Crippen molar-refractivity contribution >= 4 is 17.5 Å². The molecule has 5 heteroatoms. The number of benzene rings is 1. The molecule has 2 heterocycles. The molecule has 0 unspecified atom stereocenters. The van der Waals surface area contributed by atoms with Crippen LogP contribution >= 0.6 is 11.6 Å². The molecular formula is C17H19ClN2O2. The van der Waals surface area contributed by atoms with Gasteiger partial charge in [0.15, 0.2) is 5.76 Å². The zero-order chi connectivity index (χ0) is 15.4. The Morgan fingerprint density at radius 3 is 2.68 bits per heavy atom. The molecule has 1 aliphatic rings. The number of hydrogen-bond donors (Lipinski definition) is 1. The van der Waals surface area contributed by atoms with Gasteiger partial charge in [0, 0.05) is 11.6 Å². The minimum atomic E-state index is -0.193. The Labute approximate surface area is 135 Å². The van der Waals surface area contributed by atoms with Gasteiger partial charge in [-0.2, -0.15) is 0 Å². The molecule has 0 aliphatic carbocycles. The van der Waals surface area contributed by atoms with Gasteiger partial charge < -0.3 is 9.73 Å². The highest BCUT2D eigenvalue weighted by atomic mass is 35.5. The fourth-order valence-corrected chi connectivity index (χ4v) is 3.18. The average Bonchev–Trinajstić information content (AvgIpc) is 3.22. The number of carbonyl (C=O) groups excluding carboxylic acids is 1. The van der Waals surface area contributed by atoms with Crippen LogP contribution in [0, 0.1) is 0 Å². The van der Waals surface area contributed by atoms with Crippen molar-refractivity contribution in [2.75, 3.05) is 19.6 Å². The first-order valence-corrected chi connectivity index (χ1v) is 7.93. The molecule has 0 spiro atoms. The van der Waals surface area contributed by atoms with E-state index in [0.29, 0.717) is 12.3 Å². The number of halogens is 1. The van der Waals surface area contributed by atoms with Crippen molar-refractivity contribution in [3.63, 3.8) is 0 Å². The van der Waals surface area contributed by atoms with Gasteiger partial charge >= 0.3 is 0 Å². The molecule has 2 aromatic rings. The first kappa shape index (κ1) is 15.1. The van der Waals surface area contributed by atoms with Crippen molar-refractivity contribution in [2.45, 2.75) is 18.9 Å². The summed E-state index contributed by atoms with van der Waals surface area (Å²) in [5.74, 6) is 0.139. The molecule has 116 valence electrons. The largest absolute Gasteiger partial charge is 0.459 e. The molecule has 1 N–H and O–H groups in total. The molecule has 1 atom stereocenters. The van der Waals surface area contributed by atoms with Gasteiger partial charge in [0.2, 0.25) is 0 Å². The van der Waals surface area contributed by atoms with Gasteiger partial charge in [0.1, 0.15) is 0 Å². The SMILES string of the molecule is O=C(NC[C@@H](c1ccccc1Cl)N1CCCC1)c1ccco1. The highest BCUT2D eigenvalue weighted by Gasteiger charge is 2.25. The Hall–Kier alpha value is -1.78. The van der Waals surface area contributed by atoms with Crippen LogP contribution in [0.25, 0.3) is 0 Å². The maximum absolute atomic E-state index is 12.1. The van der Waals surface area contributed by atoms with E-state index in [2.05, 4.69) is 10.2 Å². The molecule has 1 aromatic carbocycles. The van der Waals surface area contributed by atoms with Crippen LogP contribution in [0.15, 0.2) is 47.1 Å². The number of nitrogens with zero attached hydrogens (tertiary/aromatic N) is 1. The van der Waals surface area contributed by atoms with E-state index >= 15 is 0 Å². The summed E-state index contributed by atoms with van der Waals surface area (Å²) in [5.41, 5.74) is 1.06. The molecule has 1 aromatic heterocycles. The molecule has 0 radical (unpaired) electrons. The zero-order valence-electron chi connectivity index (χ0n) is 12.3. The number of nitrogens with one attached hydrogen (secondary N) is 1. The van der Waals surface area contributed by atoms with Gasteiger partial charge in [0.25, 0.3) is 5.91 Å². The van der Waals surface area contributed by atoms with Crippen LogP contribution in [-0.4, -0.2) is 30.4 Å². The second-order valence-corrected chi connectivity index (χ2v) is 5.87. The Balaban J connectivity index is 1.74. The van der Waals surface area contributed by atoms with Crippen molar-refractivity contribution in [2.24, 2.45) is 0 Å². The van der Waals surface area contributed by atoms with E-state index in [9.17, 15) is 4.79 Å². The quantitative estimate of drug-likeness (QED) is 0.917. The van der Waals surface area contributed by atoms with Crippen LogP contribution in [0.4, 0.5) is 0 Å². The van der Waals surface area contributed by atoms with Crippen LogP contribution in [0.3, 0.4) is 0 Å². The second kappa shape index (κ2) is 6.99. The Morgan fingerprint density at radius 2 is 2.00 bits per heavy atom. The van der Waals surface area contributed by atoms with Gasteiger partial charge in [-0.25, -0.2) is 0 Å². The predicted molar refractivity (Wildman–Crippen MR) is 86.0 cm³/mol. The summed E-state index contributed by atoms with van der Waals surface area (Å²) in [6, 6.07) is 11.3. The lowest BCUT2D eigenvalue weighted by molar-refractivity contribution is 0.0910. The number of carbonyl (C=O) groups is 1. The summed E-state index contributed by atoms with van der Waals surface area (Å²) in [4.78, 5) is 14.5. The van der Waals surface area contributed by atoms with Crippen LogP contribution in [0.5, 0.6) is 0 Å². The summed E-state index contributed by atoms with van der Waals surface area (Å²) >= 11 is 6.35. The first-order valence-electron chi connectivity index (χ1n) is 7.56. The third-order valence-electron chi connectivity index (χ3n) is 4.05. The number of likely N-dealkylation sites (tertiary alicyclic amines) is 1. The molecular weight excluding hydrogens is 300 g/mol. The topological polar surface area (TPSA) is 45.5 Å².